The number of anilines is 2. The minimum absolute atomic E-state index is 0.187. The van der Waals surface area contributed by atoms with E-state index in [4.69, 9.17) is 0 Å². The molecule has 4 heterocycles. The molecule has 0 radical (unpaired) electrons. The van der Waals surface area contributed by atoms with Gasteiger partial charge in [0, 0.05) is 35.1 Å². The van der Waals surface area contributed by atoms with Crippen LogP contribution in [0.25, 0.3) is 21.3 Å². The molecule has 33 heavy (non-hydrogen) atoms. The number of nitrogens with one attached hydrogen (secondary N) is 3. The molecule has 6 rings (SSSR count). The number of H-pyrrole nitrogens is 2. The van der Waals surface area contributed by atoms with Gasteiger partial charge in [0.1, 0.15) is 17.0 Å². The topological polar surface area (TPSA) is 89.7 Å². The predicted molar refractivity (Wildman–Crippen MR) is 122 cm³/mol. The monoisotopic (exact) mass is 474 g/mol. The molecule has 11 heteroatoms. The molecule has 0 amide bonds. The molecule has 1 saturated carbocycles. The zero-order chi connectivity index (χ0) is 22.8. The highest BCUT2D eigenvalue weighted by Crippen LogP contribution is 2.48. The van der Waals surface area contributed by atoms with Gasteiger partial charge in [0.25, 0.3) is 0 Å². The van der Waals surface area contributed by atoms with Crippen LogP contribution in [0.2, 0.25) is 0 Å². The molecule has 1 aliphatic heterocycles. The molecule has 1 aliphatic carbocycles. The Kier molecular flexibility index (Phi) is 4.48. The van der Waals surface area contributed by atoms with E-state index < -0.39 is 12.6 Å². The number of nitrogens with zero attached hydrogens (tertiary/aromatic N) is 3. The zero-order valence-corrected chi connectivity index (χ0v) is 18.3. The molecule has 172 valence electrons. The van der Waals surface area contributed by atoms with Gasteiger partial charge in [0.05, 0.1) is 22.8 Å². The molecule has 4 aromatic rings. The maximum Gasteiger partial charge on any atom is 0.393 e. The Morgan fingerprint density at radius 2 is 2.00 bits per heavy atom. The summed E-state index contributed by atoms with van der Waals surface area (Å²) in [6.07, 6.45) is -0.584. The van der Waals surface area contributed by atoms with E-state index in [1.807, 2.05) is 18.2 Å². The summed E-state index contributed by atoms with van der Waals surface area (Å²) in [7, 11) is 0. The Bertz CT molecular complexity index is 1400. The number of imidazole rings is 1. The first-order valence-electron chi connectivity index (χ1n) is 10.8. The summed E-state index contributed by atoms with van der Waals surface area (Å²) in [5.41, 5.74) is 2.51. The number of fused-ring (bicyclic) bond motifs is 2. The van der Waals surface area contributed by atoms with Crippen LogP contribution in [0.5, 0.6) is 0 Å². The van der Waals surface area contributed by atoms with Crippen molar-refractivity contribution in [3.05, 3.63) is 46.0 Å². The van der Waals surface area contributed by atoms with E-state index in [2.05, 4.69) is 30.2 Å². The molecule has 2 fully saturated rings. The second kappa shape index (κ2) is 7.21. The molecule has 2 aliphatic rings. The van der Waals surface area contributed by atoms with Crippen molar-refractivity contribution in [2.75, 3.05) is 23.3 Å². The summed E-state index contributed by atoms with van der Waals surface area (Å²) >= 11 is 1.09. The Morgan fingerprint density at radius 1 is 1.18 bits per heavy atom. The average molecular weight is 475 g/mol. The third kappa shape index (κ3) is 3.84. The molecule has 0 bridgehead atoms. The largest absolute Gasteiger partial charge is 0.393 e. The minimum Gasteiger partial charge on any atom is -0.382 e. The van der Waals surface area contributed by atoms with Crippen LogP contribution in [0.3, 0.4) is 0 Å². The third-order valence-corrected chi connectivity index (χ3v) is 7.72. The van der Waals surface area contributed by atoms with Gasteiger partial charge >= 0.3 is 11.9 Å². The van der Waals surface area contributed by atoms with E-state index in [0.717, 1.165) is 66.2 Å². The number of thiophene rings is 1. The number of benzene rings is 1. The van der Waals surface area contributed by atoms with E-state index in [1.165, 1.54) is 6.33 Å². The van der Waals surface area contributed by atoms with Gasteiger partial charge in [-0.3, -0.25) is 0 Å². The van der Waals surface area contributed by atoms with Crippen LogP contribution < -0.4 is 15.9 Å². The van der Waals surface area contributed by atoms with E-state index in [0.29, 0.717) is 16.3 Å². The van der Waals surface area contributed by atoms with Gasteiger partial charge in [-0.2, -0.15) is 13.2 Å². The first-order chi connectivity index (χ1) is 15.8. The molecular formula is C22H21F3N6OS. The fraction of sp³-hybridized carbons (Fsp3) is 0.409. The normalized spacial score (nSPS) is 20.1. The third-order valence-electron chi connectivity index (χ3n) is 6.68. The molecule has 1 atom stereocenters. The fourth-order valence-electron chi connectivity index (χ4n) is 5.32. The number of hydrogen-bond acceptors (Lipinski definition) is 6. The quantitative estimate of drug-likeness (QED) is 0.407. The first-order valence-corrected chi connectivity index (χ1v) is 11.6. The predicted octanol–water partition coefficient (Wildman–Crippen LogP) is 4.44. The van der Waals surface area contributed by atoms with Crippen molar-refractivity contribution in [2.45, 2.75) is 37.9 Å². The van der Waals surface area contributed by atoms with E-state index >= 15 is 0 Å². The number of halogens is 3. The van der Waals surface area contributed by atoms with Crippen LogP contribution in [0.15, 0.2) is 35.4 Å². The Labute approximate surface area is 190 Å². The van der Waals surface area contributed by atoms with E-state index in [-0.39, 0.29) is 16.0 Å². The summed E-state index contributed by atoms with van der Waals surface area (Å²) in [5.74, 6) is 0.730. The first kappa shape index (κ1) is 20.5. The summed E-state index contributed by atoms with van der Waals surface area (Å²) in [6.45, 7) is 1.68. The summed E-state index contributed by atoms with van der Waals surface area (Å²) in [4.78, 5) is 28.6. The van der Waals surface area contributed by atoms with Crippen molar-refractivity contribution >= 4 is 44.1 Å². The Balaban J connectivity index is 1.14. The molecule has 1 saturated heterocycles. The Hall–Kier alpha value is -3.08. The lowest BCUT2D eigenvalue weighted by molar-refractivity contribution is -0.126. The van der Waals surface area contributed by atoms with Gasteiger partial charge < -0.3 is 20.2 Å². The highest BCUT2D eigenvalue weighted by Gasteiger charge is 2.49. The second-order valence-corrected chi connectivity index (χ2v) is 10.3. The van der Waals surface area contributed by atoms with Crippen molar-refractivity contribution < 1.29 is 13.2 Å². The molecule has 7 nitrogen and oxygen atoms in total. The number of rotatable bonds is 4. The van der Waals surface area contributed by atoms with Crippen molar-refractivity contribution in [3.63, 3.8) is 0 Å². The highest BCUT2D eigenvalue weighted by molar-refractivity contribution is 7.18. The average Bonchev–Trinajstić information content (AvgIpc) is 3.40. The van der Waals surface area contributed by atoms with Gasteiger partial charge in [0.15, 0.2) is 0 Å². The standard InChI is InChI=1S/C22H21F3N6OS/c23-22(24,25)8-14-6-15-18(26-11-27-19(15)33-14)31-9-21(10-31)4-3-13(7-21)28-12-1-2-16-17(5-12)30-20(32)29-16/h1-2,5-6,11,13,28H,3-4,7-10H2,(H2,29,30,32)/t13-/m0/s1. The summed E-state index contributed by atoms with van der Waals surface area (Å²) < 4.78 is 38.4. The van der Waals surface area contributed by atoms with E-state index in [9.17, 15) is 18.0 Å². The number of aromatic amines is 2. The summed E-state index contributed by atoms with van der Waals surface area (Å²) in [5, 5.41) is 4.30. The van der Waals surface area contributed by atoms with Gasteiger partial charge in [-0.1, -0.05) is 0 Å². The Morgan fingerprint density at radius 3 is 2.82 bits per heavy atom. The van der Waals surface area contributed by atoms with Crippen molar-refractivity contribution in [3.8, 4) is 0 Å². The van der Waals surface area contributed by atoms with Gasteiger partial charge in [-0.25, -0.2) is 14.8 Å². The number of alkyl halides is 3. The SMILES string of the molecule is O=c1[nH]c2ccc(N[C@H]3CCC4(C3)CN(c3ncnc5sc(CC(F)(F)F)cc35)C4)cc2[nH]1. The lowest BCUT2D eigenvalue weighted by Crippen LogP contribution is -2.56. The van der Waals surface area contributed by atoms with E-state index in [1.54, 1.807) is 6.07 Å². The molecule has 3 N–H and O–H groups in total. The van der Waals surface area contributed by atoms with Gasteiger partial charge in [-0.05, 0) is 43.5 Å². The van der Waals surface area contributed by atoms with Crippen LogP contribution in [-0.2, 0) is 6.42 Å². The summed E-state index contributed by atoms with van der Waals surface area (Å²) in [6, 6.07) is 7.73. The molecule has 1 spiro atoms. The number of hydrogen-bond donors (Lipinski definition) is 3. The van der Waals surface area contributed by atoms with Crippen LogP contribution in [0, 0.1) is 5.41 Å². The van der Waals surface area contributed by atoms with Crippen molar-refractivity contribution in [1.29, 1.82) is 0 Å². The van der Waals surface area contributed by atoms with Crippen molar-refractivity contribution in [1.82, 2.24) is 19.9 Å². The number of aromatic nitrogens is 4. The van der Waals surface area contributed by atoms with Crippen LogP contribution in [0.1, 0.15) is 24.1 Å². The van der Waals surface area contributed by atoms with Crippen molar-refractivity contribution in [2.24, 2.45) is 5.41 Å². The van der Waals surface area contributed by atoms with Gasteiger partial charge in [0.2, 0.25) is 0 Å². The minimum atomic E-state index is -4.23. The maximum absolute atomic E-state index is 12.8. The van der Waals surface area contributed by atoms with Crippen LogP contribution in [-0.4, -0.2) is 45.2 Å². The molecule has 1 aromatic carbocycles. The molecule has 0 unspecified atom stereocenters. The highest BCUT2D eigenvalue weighted by atomic mass is 32.1. The van der Waals surface area contributed by atoms with Crippen LogP contribution in [0.4, 0.5) is 24.7 Å². The zero-order valence-electron chi connectivity index (χ0n) is 17.5. The second-order valence-electron chi connectivity index (χ2n) is 9.20. The van der Waals surface area contributed by atoms with Gasteiger partial charge in [-0.15, -0.1) is 11.3 Å². The lowest BCUT2D eigenvalue weighted by Gasteiger charge is -2.49. The molecular weight excluding hydrogens is 453 g/mol. The lowest BCUT2D eigenvalue weighted by atomic mass is 9.78. The fourth-order valence-corrected chi connectivity index (χ4v) is 6.34. The smallest absolute Gasteiger partial charge is 0.382 e. The maximum atomic E-state index is 12.8. The molecule has 3 aromatic heterocycles. The van der Waals surface area contributed by atoms with Crippen LogP contribution >= 0.6 is 11.3 Å².